The van der Waals surface area contributed by atoms with Gasteiger partial charge < -0.3 is 14.2 Å². The van der Waals surface area contributed by atoms with Crippen LogP contribution in [0.3, 0.4) is 0 Å². The van der Waals surface area contributed by atoms with Crippen molar-refractivity contribution in [3.05, 3.63) is 122 Å². The summed E-state index contributed by atoms with van der Waals surface area (Å²) in [6, 6.07) is 0. The maximum atomic E-state index is 12.8. The molecule has 0 saturated heterocycles. The Hall–Kier alpha value is -4.19. The molecule has 0 aliphatic rings. The minimum absolute atomic E-state index is 0.0933. The van der Waals surface area contributed by atoms with Crippen molar-refractivity contribution in [3.63, 3.8) is 0 Å². The summed E-state index contributed by atoms with van der Waals surface area (Å²) in [4.78, 5) is 37.8. The van der Waals surface area contributed by atoms with Crippen LogP contribution in [0.2, 0.25) is 0 Å². The van der Waals surface area contributed by atoms with Gasteiger partial charge in [0.2, 0.25) is 0 Å². The van der Waals surface area contributed by atoms with Gasteiger partial charge in [-0.1, -0.05) is 226 Å². The lowest BCUT2D eigenvalue weighted by Crippen LogP contribution is -2.30. The number of hydrogen-bond donors (Lipinski definition) is 0. The number of unbranched alkanes of at least 4 members (excludes halogenated alkanes) is 18. The number of hydrogen-bond acceptors (Lipinski definition) is 6. The summed E-state index contributed by atoms with van der Waals surface area (Å²) in [7, 11) is 0. The minimum Gasteiger partial charge on any atom is -0.462 e. The Morgan fingerprint density at radius 1 is 0.304 bits per heavy atom. The van der Waals surface area contributed by atoms with E-state index in [1.54, 1.807) is 0 Å². The molecule has 6 heteroatoms. The Balaban J connectivity index is 4.21. The molecule has 0 bridgehead atoms. The molecule has 0 aromatic heterocycles. The quantitative estimate of drug-likeness (QED) is 0.0262. The fraction of sp³-hybridized carbons (Fsp3) is 0.635. The van der Waals surface area contributed by atoms with E-state index < -0.39 is 6.10 Å². The van der Waals surface area contributed by atoms with Crippen LogP contribution in [-0.2, 0) is 28.6 Å². The van der Waals surface area contributed by atoms with Gasteiger partial charge in [-0.15, -0.1) is 0 Å². The summed E-state index contributed by atoms with van der Waals surface area (Å²) < 4.78 is 16.7. The topological polar surface area (TPSA) is 78.9 Å². The first kappa shape index (κ1) is 64.8. The molecule has 0 N–H and O–H groups in total. The zero-order valence-corrected chi connectivity index (χ0v) is 44.5. The van der Waals surface area contributed by atoms with Crippen molar-refractivity contribution in [3.8, 4) is 0 Å². The van der Waals surface area contributed by atoms with Gasteiger partial charge in [0.15, 0.2) is 6.10 Å². The van der Waals surface area contributed by atoms with Crippen LogP contribution in [-0.4, -0.2) is 37.2 Å². The summed E-state index contributed by atoms with van der Waals surface area (Å²) in [5, 5.41) is 0. The third-order valence-electron chi connectivity index (χ3n) is 11.5. The largest absolute Gasteiger partial charge is 0.462 e. The lowest BCUT2D eigenvalue weighted by atomic mass is 10.1. The van der Waals surface area contributed by atoms with Gasteiger partial charge in [0, 0.05) is 19.3 Å². The van der Waals surface area contributed by atoms with Gasteiger partial charge in [-0.3, -0.25) is 14.4 Å². The van der Waals surface area contributed by atoms with E-state index in [0.29, 0.717) is 19.3 Å². The lowest BCUT2D eigenvalue weighted by Gasteiger charge is -2.18. The van der Waals surface area contributed by atoms with Gasteiger partial charge in [0.25, 0.3) is 0 Å². The first-order valence-corrected chi connectivity index (χ1v) is 28.0. The molecule has 6 nitrogen and oxygen atoms in total. The Labute approximate surface area is 424 Å². The van der Waals surface area contributed by atoms with E-state index in [9.17, 15) is 14.4 Å². The molecular weight excluding hydrogens is 853 g/mol. The van der Waals surface area contributed by atoms with E-state index in [1.165, 1.54) is 38.5 Å². The van der Waals surface area contributed by atoms with Crippen LogP contribution in [0.4, 0.5) is 0 Å². The molecule has 69 heavy (non-hydrogen) atoms. The van der Waals surface area contributed by atoms with Crippen molar-refractivity contribution in [1.29, 1.82) is 0 Å². The highest BCUT2D eigenvalue weighted by Crippen LogP contribution is 2.13. The molecule has 1 atom stereocenters. The maximum Gasteiger partial charge on any atom is 0.306 e. The molecule has 0 aromatic carbocycles. The molecule has 1 unspecified atom stereocenters. The van der Waals surface area contributed by atoms with Gasteiger partial charge in [0.1, 0.15) is 13.2 Å². The molecule has 0 saturated carbocycles. The lowest BCUT2D eigenvalue weighted by molar-refractivity contribution is -0.167. The molecule has 0 fully saturated rings. The number of rotatable bonds is 49. The standard InChI is InChI=1S/C63H102O6/c1-4-7-10-13-15-17-19-21-23-25-27-28-29-30-31-32-33-34-36-37-39-41-43-45-47-50-53-56-62(65)68-59-60(58-67-61(64)55-52-49-12-9-6-3)69-63(66)57-54-51-48-46-44-42-40-38-35-26-24-22-20-18-16-14-11-8-5-2/h7,10,15-18,21-24,27-28,30-31,33-35,37-39,60H,4-6,8-9,11-14,19-20,25-26,29,32,36,40-59H2,1-3H3/b10-7-,17-15-,18-16-,23-21-,24-22-,28-27-,31-30-,34-33-,38-35-,39-37-. The smallest absolute Gasteiger partial charge is 0.306 e. The predicted octanol–water partition coefficient (Wildman–Crippen LogP) is 18.9. The van der Waals surface area contributed by atoms with Crippen LogP contribution in [0.15, 0.2) is 122 Å². The Morgan fingerprint density at radius 2 is 0.565 bits per heavy atom. The molecule has 0 rings (SSSR count). The molecule has 0 radical (unpaired) electrons. The SMILES string of the molecule is CC/C=C\C/C=C\C/C=C\C/C=C\C/C=C\C/C=C\C/C=C\CCCCCCCC(=O)OCC(COC(=O)CCCCCCC)OC(=O)CCCCCCCC/C=C\C/C=C\C/C=C\CCCCC. The molecule has 0 amide bonds. The molecule has 0 aromatic rings. The van der Waals surface area contributed by atoms with Gasteiger partial charge in [-0.25, -0.2) is 0 Å². The second kappa shape index (κ2) is 56.4. The first-order chi connectivity index (χ1) is 34.0. The van der Waals surface area contributed by atoms with Gasteiger partial charge in [-0.05, 0) is 116 Å². The number of carbonyl (C=O) groups excluding carboxylic acids is 3. The van der Waals surface area contributed by atoms with Crippen LogP contribution >= 0.6 is 0 Å². The Morgan fingerprint density at radius 3 is 0.913 bits per heavy atom. The molecule has 390 valence electrons. The van der Waals surface area contributed by atoms with Gasteiger partial charge in [0.05, 0.1) is 0 Å². The van der Waals surface area contributed by atoms with E-state index in [2.05, 4.69) is 142 Å². The molecule has 0 aliphatic heterocycles. The van der Waals surface area contributed by atoms with Crippen molar-refractivity contribution >= 4 is 17.9 Å². The third-order valence-corrected chi connectivity index (χ3v) is 11.5. The highest BCUT2D eigenvalue weighted by molar-refractivity contribution is 5.71. The highest BCUT2D eigenvalue weighted by Gasteiger charge is 2.19. The van der Waals surface area contributed by atoms with E-state index in [-0.39, 0.29) is 31.1 Å². The third kappa shape index (κ3) is 54.6. The van der Waals surface area contributed by atoms with Crippen LogP contribution < -0.4 is 0 Å². The van der Waals surface area contributed by atoms with Crippen molar-refractivity contribution in [1.82, 2.24) is 0 Å². The summed E-state index contributed by atoms with van der Waals surface area (Å²) in [6.45, 7) is 6.37. The maximum absolute atomic E-state index is 12.8. The van der Waals surface area contributed by atoms with Gasteiger partial charge in [-0.2, -0.15) is 0 Å². The average Bonchev–Trinajstić information content (AvgIpc) is 3.35. The van der Waals surface area contributed by atoms with Crippen LogP contribution in [0, 0.1) is 0 Å². The number of carbonyl (C=O) groups is 3. The van der Waals surface area contributed by atoms with E-state index in [1.807, 2.05) is 0 Å². The molecular formula is C63H102O6. The monoisotopic (exact) mass is 955 g/mol. The van der Waals surface area contributed by atoms with Gasteiger partial charge >= 0.3 is 17.9 Å². The zero-order chi connectivity index (χ0) is 50.0. The second-order valence-electron chi connectivity index (χ2n) is 18.1. The zero-order valence-electron chi connectivity index (χ0n) is 44.5. The summed E-state index contributed by atoms with van der Waals surface area (Å²) in [5.41, 5.74) is 0. The first-order valence-electron chi connectivity index (χ1n) is 28.0. The molecule has 0 heterocycles. The van der Waals surface area contributed by atoms with Crippen LogP contribution in [0.1, 0.15) is 239 Å². The molecule has 0 aliphatic carbocycles. The van der Waals surface area contributed by atoms with Crippen molar-refractivity contribution in [2.24, 2.45) is 0 Å². The fourth-order valence-corrected chi connectivity index (χ4v) is 7.25. The average molecular weight is 956 g/mol. The Kier molecular flexibility index (Phi) is 53.0. The van der Waals surface area contributed by atoms with E-state index >= 15 is 0 Å². The van der Waals surface area contributed by atoms with Crippen molar-refractivity contribution in [2.45, 2.75) is 245 Å². The Bertz CT molecular complexity index is 1470. The predicted molar refractivity (Wildman–Crippen MR) is 297 cm³/mol. The minimum atomic E-state index is -0.793. The normalized spacial score (nSPS) is 13.0. The van der Waals surface area contributed by atoms with E-state index in [0.717, 1.165) is 161 Å². The summed E-state index contributed by atoms with van der Waals surface area (Å²) >= 11 is 0. The number of esters is 3. The summed E-state index contributed by atoms with van der Waals surface area (Å²) in [5.74, 6) is -0.945. The molecule has 0 spiro atoms. The number of allylic oxidation sites excluding steroid dienone is 20. The fourth-order valence-electron chi connectivity index (χ4n) is 7.25. The number of ether oxygens (including phenoxy) is 3. The van der Waals surface area contributed by atoms with E-state index in [4.69, 9.17) is 14.2 Å². The second-order valence-corrected chi connectivity index (χ2v) is 18.1. The van der Waals surface area contributed by atoms with Crippen molar-refractivity contribution in [2.75, 3.05) is 13.2 Å². The highest BCUT2D eigenvalue weighted by atomic mass is 16.6. The van der Waals surface area contributed by atoms with Crippen molar-refractivity contribution < 1.29 is 28.6 Å². The van der Waals surface area contributed by atoms with Crippen LogP contribution in [0.25, 0.3) is 0 Å². The summed E-state index contributed by atoms with van der Waals surface area (Å²) in [6.07, 6.45) is 77.9. The van der Waals surface area contributed by atoms with Crippen LogP contribution in [0.5, 0.6) is 0 Å².